The van der Waals surface area contributed by atoms with Crippen molar-refractivity contribution in [2.75, 3.05) is 13.7 Å². The molecule has 2 unspecified atom stereocenters. The Balaban J connectivity index is 1.73. The van der Waals surface area contributed by atoms with E-state index in [-0.39, 0.29) is 17.5 Å². The largest absolute Gasteiger partial charge is 0.496 e. The molecule has 30 heavy (non-hydrogen) atoms. The van der Waals surface area contributed by atoms with Gasteiger partial charge in [0, 0.05) is 5.56 Å². The Labute approximate surface area is 176 Å². The number of hydrogen-bond acceptors (Lipinski definition) is 5. The zero-order chi connectivity index (χ0) is 21.7. The highest BCUT2D eigenvalue weighted by Gasteiger charge is 2.23. The van der Waals surface area contributed by atoms with Crippen LogP contribution in [0.5, 0.6) is 5.75 Å². The number of carbonyl (C=O) groups is 1. The second kappa shape index (κ2) is 9.54. The van der Waals surface area contributed by atoms with Crippen LogP contribution in [0.15, 0.2) is 53.3 Å². The number of amides is 1. The van der Waals surface area contributed by atoms with E-state index in [2.05, 4.69) is 15.3 Å². The number of nitrogens with one attached hydrogen (secondary N) is 2. The van der Waals surface area contributed by atoms with E-state index in [9.17, 15) is 9.59 Å². The highest BCUT2D eigenvalue weighted by atomic mass is 16.5. The minimum absolute atomic E-state index is 0.0987. The standard InChI is InChI=1S/C23H28N4O3/c1-5-27(14-21-25-19-12-8-6-11-18(19)23(29)26-21)16(3)22(28)24-15(2)17-10-7-9-13-20(17)30-4/h6-13,15-16H,5,14H2,1-4H3,(H,24,28)(H,25,26,29). The van der Waals surface area contributed by atoms with Gasteiger partial charge in [-0.2, -0.15) is 0 Å². The first kappa shape index (κ1) is 21.5. The third-order valence-electron chi connectivity index (χ3n) is 5.31. The molecule has 0 spiro atoms. The molecule has 0 aliphatic carbocycles. The second-order valence-electron chi connectivity index (χ2n) is 7.24. The summed E-state index contributed by atoms with van der Waals surface area (Å²) < 4.78 is 5.40. The van der Waals surface area contributed by atoms with E-state index < -0.39 is 6.04 Å². The number of fused-ring (bicyclic) bond motifs is 1. The first-order chi connectivity index (χ1) is 14.4. The number of aromatic amines is 1. The molecule has 0 bridgehead atoms. The van der Waals surface area contributed by atoms with Crippen molar-refractivity contribution in [3.8, 4) is 5.75 Å². The fraction of sp³-hybridized carbons (Fsp3) is 0.348. The van der Waals surface area contributed by atoms with Crippen LogP contribution in [0.4, 0.5) is 0 Å². The van der Waals surface area contributed by atoms with Crippen LogP contribution >= 0.6 is 0 Å². The van der Waals surface area contributed by atoms with Crippen LogP contribution in [0.25, 0.3) is 10.9 Å². The van der Waals surface area contributed by atoms with Gasteiger partial charge in [-0.3, -0.25) is 14.5 Å². The molecule has 1 aromatic heterocycles. The SMILES string of the molecule is CCN(Cc1nc2ccccc2c(=O)[nH]1)C(C)C(=O)NC(C)c1ccccc1OC. The number of likely N-dealkylation sites (N-methyl/N-ethyl adjacent to an activating group) is 1. The Kier molecular flexibility index (Phi) is 6.84. The van der Waals surface area contributed by atoms with Crippen molar-refractivity contribution in [3.05, 3.63) is 70.3 Å². The van der Waals surface area contributed by atoms with Crippen molar-refractivity contribution in [1.29, 1.82) is 0 Å². The Morgan fingerprint density at radius 3 is 2.60 bits per heavy atom. The van der Waals surface area contributed by atoms with Gasteiger partial charge in [-0.25, -0.2) is 4.98 Å². The van der Waals surface area contributed by atoms with Gasteiger partial charge >= 0.3 is 0 Å². The van der Waals surface area contributed by atoms with Gasteiger partial charge in [0.05, 0.1) is 36.6 Å². The molecule has 0 radical (unpaired) electrons. The normalized spacial score (nSPS) is 13.2. The molecule has 0 aliphatic rings. The van der Waals surface area contributed by atoms with Crippen LogP contribution in [0, 0.1) is 0 Å². The van der Waals surface area contributed by atoms with E-state index in [1.54, 1.807) is 13.2 Å². The van der Waals surface area contributed by atoms with Gasteiger partial charge in [0.1, 0.15) is 11.6 Å². The number of nitrogens with zero attached hydrogens (tertiary/aromatic N) is 2. The van der Waals surface area contributed by atoms with Gasteiger partial charge in [-0.05, 0) is 38.6 Å². The van der Waals surface area contributed by atoms with Crippen LogP contribution in [-0.2, 0) is 11.3 Å². The molecule has 3 aromatic rings. The van der Waals surface area contributed by atoms with Gasteiger partial charge in [0.25, 0.3) is 5.56 Å². The first-order valence-corrected chi connectivity index (χ1v) is 10.1. The summed E-state index contributed by atoms with van der Waals surface area (Å²) >= 11 is 0. The molecule has 0 saturated carbocycles. The summed E-state index contributed by atoms with van der Waals surface area (Å²) in [5.41, 5.74) is 1.40. The van der Waals surface area contributed by atoms with Crippen molar-refractivity contribution >= 4 is 16.8 Å². The summed E-state index contributed by atoms with van der Waals surface area (Å²) in [4.78, 5) is 34.6. The molecule has 7 nitrogen and oxygen atoms in total. The summed E-state index contributed by atoms with van der Waals surface area (Å²) in [5, 5.41) is 3.62. The number of aromatic nitrogens is 2. The second-order valence-corrected chi connectivity index (χ2v) is 7.24. The smallest absolute Gasteiger partial charge is 0.258 e. The summed E-state index contributed by atoms with van der Waals surface area (Å²) in [6, 6.07) is 14.3. The topological polar surface area (TPSA) is 87.3 Å². The maximum atomic E-state index is 12.9. The van der Waals surface area contributed by atoms with E-state index in [0.717, 1.165) is 11.3 Å². The zero-order valence-electron chi connectivity index (χ0n) is 17.8. The molecule has 2 aromatic carbocycles. The molecule has 1 amide bonds. The number of ether oxygens (including phenoxy) is 1. The average Bonchev–Trinajstić information content (AvgIpc) is 2.76. The zero-order valence-corrected chi connectivity index (χ0v) is 17.8. The molecule has 2 N–H and O–H groups in total. The van der Waals surface area contributed by atoms with Gasteiger partial charge in [-0.15, -0.1) is 0 Å². The fourth-order valence-electron chi connectivity index (χ4n) is 3.53. The summed E-state index contributed by atoms with van der Waals surface area (Å²) in [5.74, 6) is 1.18. The lowest BCUT2D eigenvalue weighted by molar-refractivity contribution is -0.126. The van der Waals surface area contributed by atoms with Crippen molar-refractivity contribution in [2.24, 2.45) is 0 Å². The molecule has 0 saturated heterocycles. The lowest BCUT2D eigenvalue weighted by Crippen LogP contribution is -2.45. The van der Waals surface area contributed by atoms with Crippen molar-refractivity contribution in [2.45, 2.75) is 39.4 Å². The van der Waals surface area contributed by atoms with Crippen molar-refractivity contribution in [1.82, 2.24) is 20.2 Å². The summed E-state index contributed by atoms with van der Waals surface area (Å²) in [6.45, 7) is 6.77. The predicted octanol–water partition coefficient (Wildman–Crippen LogP) is 3.02. The highest BCUT2D eigenvalue weighted by molar-refractivity contribution is 5.82. The molecule has 0 fully saturated rings. The van der Waals surface area contributed by atoms with Crippen LogP contribution in [0.2, 0.25) is 0 Å². The predicted molar refractivity (Wildman–Crippen MR) is 117 cm³/mol. The maximum absolute atomic E-state index is 12.9. The number of H-pyrrole nitrogens is 1. The quantitative estimate of drug-likeness (QED) is 0.598. The van der Waals surface area contributed by atoms with E-state index in [4.69, 9.17) is 4.74 Å². The van der Waals surface area contributed by atoms with E-state index in [0.29, 0.717) is 29.8 Å². The molecule has 158 valence electrons. The average molecular weight is 409 g/mol. The number of benzene rings is 2. The lowest BCUT2D eigenvalue weighted by atomic mass is 10.1. The van der Waals surface area contributed by atoms with Gasteiger partial charge in [0.15, 0.2) is 0 Å². The number of rotatable bonds is 8. The van der Waals surface area contributed by atoms with Gasteiger partial charge in [-0.1, -0.05) is 37.3 Å². The minimum Gasteiger partial charge on any atom is -0.496 e. The Bertz CT molecular complexity index is 1080. The minimum atomic E-state index is -0.399. The molecular formula is C23H28N4O3. The van der Waals surface area contributed by atoms with Crippen LogP contribution in [-0.4, -0.2) is 40.5 Å². The van der Waals surface area contributed by atoms with E-state index in [1.807, 2.05) is 68.1 Å². The lowest BCUT2D eigenvalue weighted by Gasteiger charge is -2.28. The van der Waals surface area contributed by atoms with E-state index >= 15 is 0 Å². The Morgan fingerprint density at radius 2 is 1.87 bits per heavy atom. The molecule has 3 rings (SSSR count). The third kappa shape index (κ3) is 4.68. The van der Waals surface area contributed by atoms with Crippen LogP contribution in [0.1, 0.15) is 38.2 Å². The molecule has 2 atom stereocenters. The van der Waals surface area contributed by atoms with E-state index in [1.165, 1.54) is 0 Å². The molecular weight excluding hydrogens is 380 g/mol. The molecule has 1 heterocycles. The van der Waals surface area contributed by atoms with Crippen LogP contribution in [0.3, 0.4) is 0 Å². The van der Waals surface area contributed by atoms with Crippen molar-refractivity contribution < 1.29 is 9.53 Å². The number of carbonyl (C=O) groups excluding carboxylic acids is 1. The summed E-state index contributed by atoms with van der Waals surface area (Å²) in [6.07, 6.45) is 0. The Hall–Kier alpha value is -3.19. The number of para-hydroxylation sites is 2. The number of hydrogen-bond donors (Lipinski definition) is 2. The van der Waals surface area contributed by atoms with Gasteiger partial charge in [0.2, 0.25) is 5.91 Å². The third-order valence-corrected chi connectivity index (χ3v) is 5.31. The maximum Gasteiger partial charge on any atom is 0.258 e. The van der Waals surface area contributed by atoms with Crippen LogP contribution < -0.4 is 15.6 Å². The summed E-state index contributed by atoms with van der Waals surface area (Å²) in [7, 11) is 1.62. The Morgan fingerprint density at radius 1 is 1.17 bits per heavy atom. The molecule has 0 aliphatic heterocycles. The van der Waals surface area contributed by atoms with Crippen molar-refractivity contribution in [3.63, 3.8) is 0 Å². The monoisotopic (exact) mass is 408 g/mol. The highest BCUT2D eigenvalue weighted by Crippen LogP contribution is 2.24. The number of methoxy groups -OCH3 is 1. The fourth-order valence-corrected chi connectivity index (χ4v) is 3.53. The molecule has 7 heteroatoms. The first-order valence-electron chi connectivity index (χ1n) is 10.1. The van der Waals surface area contributed by atoms with Gasteiger partial charge < -0.3 is 15.0 Å².